The monoisotopic (exact) mass is 247 g/mol. The SMILES string of the molecule is FC(F)(F)c1ccc2c(ccc3ccccc32)n1. The Balaban J connectivity index is 2.35. The minimum atomic E-state index is -4.40. The van der Waals surface area contributed by atoms with Gasteiger partial charge in [-0.3, -0.25) is 0 Å². The number of benzene rings is 2. The smallest absolute Gasteiger partial charge is 0.243 e. The minimum absolute atomic E-state index is 0.364. The molecular formula is C14H8F3N. The summed E-state index contributed by atoms with van der Waals surface area (Å²) in [7, 11) is 0. The molecule has 0 spiro atoms. The highest BCUT2D eigenvalue weighted by Crippen LogP contribution is 2.31. The van der Waals surface area contributed by atoms with Crippen molar-refractivity contribution in [1.82, 2.24) is 4.98 Å². The lowest BCUT2D eigenvalue weighted by Gasteiger charge is -2.08. The maximum absolute atomic E-state index is 12.6. The molecular weight excluding hydrogens is 239 g/mol. The molecule has 0 bridgehead atoms. The van der Waals surface area contributed by atoms with E-state index in [0.29, 0.717) is 5.52 Å². The molecule has 0 saturated carbocycles. The summed E-state index contributed by atoms with van der Waals surface area (Å²) in [6.45, 7) is 0. The van der Waals surface area contributed by atoms with Crippen LogP contribution in [0.2, 0.25) is 0 Å². The average molecular weight is 247 g/mol. The van der Waals surface area contributed by atoms with Crippen LogP contribution in [-0.2, 0) is 6.18 Å². The molecule has 0 fully saturated rings. The van der Waals surface area contributed by atoms with Gasteiger partial charge in [-0.1, -0.05) is 36.4 Å². The second-order valence-electron chi connectivity index (χ2n) is 4.05. The van der Waals surface area contributed by atoms with E-state index in [1.165, 1.54) is 6.07 Å². The van der Waals surface area contributed by atoms with E-state index in [9.17, 15) is 13.2 Å². The summed E-state index contributed by atoms with van der Waals surface area (Å²) in [6.07, 6.45) is -4.40. The van der Waals surface area contributed by atoms with Gasteiger partial charge in [-0.15, -0.1) is 0 Å². The molecule has 90 valence electrons. The quantitative estimate of drug-likeness (QED) is 0.536. The summed E-state index contributed by atoms with van der Waals surface area (Å²) in [5.74, 6) is 0. The highest BCUT2D eigenvalue weighted by molar-refractivity contribution is 6.05. The molecule has 1 heterocycles. The normalized spacial score (nSPS) is 12.2. The van der Waals surface area contributed by atoms with E-state index < -0.39 is 11.9 Å². The van der Waals surface area contributed by atoms with E-state index in [1.54, 1.807) is 12.1 Å². The van der Waals surface area contributed by atoms with E-state index in [1.807, 2.05) is 24.3 Å². The highest BCUT2D eigenvalue weighted by atomic mass is 19.4. The van der Waals surface area contributed by atoms with E-state index in [0.717, 1.165) is 22.2 Å². The molecule has 4 heteroatoms. The topological polar surface area (TPSA) is 12.9 Å². The van der Waals surface area contributed by atoms with Gasteiger partial charge in [0.25, 0.3) is 0 Å². The van der Waals surface area contributed by atoms with Crippen LogP contribution >= 0.6 is 0 Å². The van der Waals surface area contributed by atoms with Crippen LogP contribution in [0.25, 0.3) is 21.7 Å². The largest absolute Gasteiger partial charge is 0.433 e. The Morgan fingerprint density at radius 2 is 1.56 bits per heavy atom. The Hall–Kier alpha value is -2.10. The summed E-state index contributed by atoms with van der Waals surface area (Å²) in [5, 5.41) is 2.64. The van der Waals surface area contributed by atoms with Gasteiger partial charge in [0.1, 0.15) is 5.69 Å². The third-order valence-corrected chi connectivity index (χ3v) is 2.89. The number of rotatable bonds is 0. The van der Waals surface area contributed by atoms with Crippen molar-refractivity contribution in [3.05, 3.63) is 54.2 Å². The molecule has 2 aromatic carbocycles. The lowest BCUT2D eigenvalue weighted by Crippen LogP contribution is -2.07. The molecule has 0 aliphatic carbocycles. The number of halogens is 3. The number of fused-ring (bicyclic) bond motifs is 3. The summed E-state index contributed by atoms with van der Waals surface area (Å²) < 4.78 is 37.7. The number of aromatic nitrogens is 1. The second-order valence-corrected chi connectivity index (χ2v) is 4.05. The molecule has 0 unspecified atom stereocenters. The van der Waals surface area contributed by atoms with Crippen molar-refractivity contribution in [2.45, 2.75) is 6.18 Å². The molecule has 0 aliphatic rings. The van der Waals surface area contributed by atoms with Gasteiger partial charge in [0, 0.05) is 5.39 Å². The molecule has 0 N–H and O–H groups in total. The van der Waals surface area contributed by atoms with E-state index >= 15 is 0 Å². The maximum atomic E-state index is 12.6. The summed E-state index contributed by atoms with van der Waals surface area (Å²) >= 11 is 0. The van der Waals surface area contributed by atoms with Crippen LogP contribution in [0.5, 0.6) is 0 Å². The first-order valence-electron chi connectivity index (χ1n) is 5.41. The Labute approximate surface area is 101 Å². The Morgan fingerprint density at radius 3 is 2.33 bits per heavy atom. The molecule has 0 saturated heterocycles. The number of hydrogen-bond donors (Lipinski definition) is 0. The molecule has 0 amide bonds. The molecule has 0 radical (unpaired) electrons. The summed E-state index contributed by atoms with van der Waals surface area (Å²) in [4.78, 5) is 3.67. The first-order valence-corrected chi connectivity index (χ1v) is 5.41. The van der Waals surface area contributed by atoms with Gasteiger partial charge in [-0.05, 0) is 22.9 Å². The fourth-order valence-electron chi connectivity index (χ4n) is 2.04. The van der Waals surface area contributed by atoms with Crippen LogP contribution in [0.3, 0.4) is 0 Å². The first-order chi connectivity index (χ1) is 8.55. The van der Waals surface area contributed by atoms with Gasteiger partial charge in [-0.2, -0.15) is 13.2 Å². The number of alkyl halides is 3. The number of pyridine rings is 1. The zero-order chi connectivity index (χ0) is 12.8. The zero-order valence-corrected chi connectivity index (χ0v) is 9.20. The molecule has 0 aliphatic heterocycles. The van der Waals surface area contributed by atoms with E-state index in [-0.39, 0.29) is 0 Å². The van der Waals surface area contributed by atoms with E-state index in [2.05, 4.69) is 4.98 Å². The van der Waals surface area contributed by atoms with Gasteiger partial charge >= 0.3 is 6.18 Å². The van der Waals surface area contributed by atoms with Crippen LogP contribution in [0.4, 0.5) is 13.2 Å². The molecule has 1 aromatic heterocycles. The standard InChI is InChI=1S/C14H8F3N/c15-14(16,17)13-8-6-11-10-4-2-1-3-9(10)5-7-12(11)18-13/h1-8H. The summed E-state index contributed by atoms with van der Waals surface area (Å²) in [5.41, 5.74) is -0.492. The molecule has 1 nitrogen and oxygen atoms in total. The van der Waals surface area contributed by atoms with Crippen LogP contribution in [0.15, 0.2) is 48.5 Å². The number of nitrogens with zero attached hydrogens (tertiary/aromatic N) is 1. The van der Waals surface area contributed by atoms with Gasteiger partial charge in [0.2, 0.25) is 0 Å². The van der Waals surface area contributed by atoms with Gasteiger partial charge in [0.05, 0.1) is 5.52 Å². The van der Waals surface area contributed by atoms with Crippen molar-refractivity contribution in [3.63, 3.8) is 0 Å². The Morgan fingerprint density at radius 1 is 0.778 bits per heavy atom. The number of hydrogen-bond acceptors (Lipinski definition) is 1. The Bertz CT molecular complexity index is 732. The fraction of sp³-hybridized carbons (Fsp3) is 0.0714. The molecule has 18 heavy (non-hydrogen) atoms. The lowest BCUT2D eigenvalue weighted by atomic mass is 10.0. The molecule has 0 atom stereocenters. The van der Waals surface area contributed by atoms with Gasteiger partial charge < -0.3 is 0 Å². The minimum Gasteiger partial charge on any atom is -0.243 e. The predicted octanol–water partition coefficient (Wildman–Crippen LogP) is 4.41. The van der Waals surface area contributed by atoms with Gasteiger partial charge in [-0.25, -0.2) is 4.98 Å². The second kappa shape index (κ2) is 3.70. The van der Waals surface area contributed by atoms with Crippen molar-refractivity contribution < 1.29 is 13.2 Å². The molecule has 3 aromatic rings. The third-order valence-electron chi connectivity index (χ3n) is 2.89. The van der Waals surface area contributed by atoms with Gasteiger partial charge in [0.15, 0.2) is 0 Å². The van der Waals surface area contributed by atoms with E-state index in [4.69, 9.17) is 0 Å². The van der Waals surface area contributed by atoms with Crippen molar-refractivity contribution in [2.75, 3.05) is 0 Å². The van der Waals surface area contributed by atoms with Crippen molar-refractivity contribution in [2.24, 2.45) is 0 Å². The van der Waals surface area contributed by atoms with Crippen molar-refractivity contribution in [1.29, 1.82) is 0 Å². The summed E-state index contributed by atoms with van der Waals surface area (Å²) in [6, 6.07) is 13.5. The lowest BCUT2D eigenvalue weighted by molar-refractivity contribution is -0.140. The maximum Gasteiger partial charge on any atom is 0.433 e. The first kappa shape index (κ1) is 11.0. The fourth-order valence-corrected chi connectivity index (χ4v) is 2.04. The third kappa shape index (κ3) is 1.70. The zero-order valence-electron chi connectivity index (χ0n) is 9.20. The van der Waals surface area contributed by atoms with Crippen LogP contribution in [0, 0.1) is 0 Å². The van der Waals surface area contributed by atoms with Crippen LogP contribution in [0.1, 0.15) is 5.69 Å². The highest BCUT2D eigenvalue weighted by Gasteiger charge is 2.32. The van der Waals surface area contributed by atoms with Crippen molar-refractivity contribution >= 4 is 21.7 Å². The predicted molar refractivity (Wildman–Crippen MR) is 64.3 cm³/mol. The molecule has 3 rings (SSSR count). The van der Waals surface area contributed by atoms with Crippen LogP contribution < -0.4 is 0 Å². The van der Waals surface area contributed by atoms with Crippen LogP contribution in [-0.4, -0.2) is 4.98 Å². The Kier molecular flexibility index (Phi) is 2.26. The van der Waals surface area contributed by atoms with Crippen molar-refractivity contribution in [3.8, 4) is 0 Å². The average Bonchev–Trinajstić information content (AvgIpc) is 2.37.